The molecular weight excluding hydrogens is 1140 g/mol. The highest BCUT2D eigenvalue weighted by atomic mass is 16.6. The SMILES string of the molecule is Cn1cc(NC(=O)c2nccn2C)cc1C(=O)NCCC(=O)Nc1cn(C)c(C(=O)Nc2cc(C(=O)NCC[C@@H](NC(=O)OC(C)(C)C)C(=O)Nc3cn(C)c(C(=O)NCCC(=O)Nc4cc(C(=O)Nc5cn(C)c(C(=O)O)n5)n(C)c4)n3)n(C)c2)n1. The summed E-state index contributed by atoms with van der Waals surface area (Å²) in [5.74, 6) is -6.97. The molecule has 34 heteroatoms. The molecule has 0 saturated carbocycles. The average Bonchev–Trinajstić information content (AvgIpc) is 2.87. The van der Waals surface area contributed by atoms with Crippen LogP contribution in [0.1, 0.15) is 114 Å². The second-order valence-corrected chi connectivity index (χ2v) is 20.7. The summed E-state index contributed by atoms with van der Waals surface area (Å²) in [7, 11) is 10.9. The van der Waals surface area contributed by atoms with Gasteiger partial charge in [-0.05, 0) is 45.4 Å². The minimum Gasteiger partial charge on any atom is -0.475 e. The first-order chi connectivity index (χ1) is 41.0. The number of carboxylic acid groups (broad SMARTS) is 1. The molecule has 7 heterocycles. The molecule has 10 amide bonds. The van der Waals surface area contributed by atoms with E-state index in [2.05, 4.69) is 73.1 Å². The molecule has 0 saturated heterocycles. The number of carbonyl (C=O) groups excluding carboxylic acids is 10. The first kappa shape index (κ1) is 63.2. The maximum atomic E-state index is 13.7. The normalized spacial score (nSPS) is 11.4. The number of carboxylic acids is 1. The number of nitrogens with one attached hydrogen (secondary N) is 10. The van der Waals surface area contributed by atoms with Gasteiger partial charge < -0.3 is 95.0 Å². The van der Waals surface area contributed by atoms with Gasteiger partial charge in [0, 0.05) is 131 Å². The van der Waals surface area contributed by atoms with Gasteiger partial charge in [-0.15, -0.1) is 0 Å². The first-order valence-electron chi connectivity index (χ1n) is 26.5. The lowest BCUT2D eigenvalue weighted by Crippen LogP contribution is -2.47. The highest BCUT2D eigenvalue weighted by Gasteiger charge is 2.28. The Labute approximate surface area is 494 Å². The largest absolute Gasteiger partial charge is 0.475 e. The number of anilines is 6. The maximum Gasteiger partial charge on any atom is 0.408 e. The van der Waals surface area contributed by atoms with E-state index < -0.39 is 76.9 Å². The van der Waals surface area contributed by atoms with E-state index >= 15 is 0 Å². The van der Waals surface area contributed by atoms with E-state index in [0.29, 0.717) is 5.69 Å². The third-order valence-electron chi connectivity index (χ3n) is 12.5. The molecule has 7 aromatic heterocycles. The van der Waals surface area contributed by atoms with Crippen molar-refractivity contribution in [1.82, 2.24) is 73.2 Å². The van der Waals surface area contributed by atoms with Gasteiger partial charge in [-0.3, -0.25) is 43.2 Å². The monoisotopic (exact) mass is 1200 g/mol. The number of aromatic nitrogens is 11. The fraction of sp³-hybridized carbons (Fsp3) is 0.340. The van der Waals surface area contributed by atoms with Gasteiger partial charge >= 0.3 is 12.1 Å². The van der Waals surface area contributed by atoms with Gasteiger partial charge in [-0.1, -0.05) is 0 Å². The highest BCUT2D eigenvalue weighted by Crippen LogP contribution is 2.19. The van der Waals surface area contributed by atoms with Gasteiger partial charge in [0.15, 0.2) is 23.3 Å². The van der Waals surface area contributed by atoms with Gasteiger partial charge in [0.05, 0.1) is 17.1 Å². The molecule has 0 radical (unpaired) electrons. The summed E-state index contributed by atoms with van der Waals surface area (Å²) in [6, 6.07) is 2.97. The number of aryl methyl sites for hydroxylation is 7. The number of hydrogen-bond acceptors (Lipinski definition) is 16. The third kappa shape index (κ3) is 16.7. The Morgan fingerprint density at radius 2 is 0.920 bits per heavy atom. The van der Waals surface area contributed by atoms with E-state index in [9.17, 15) is 57.8 Å². The van der Waals surface area contributed by atoms with Crippen molar-refractivity contribution in [3.63, 3.8) is 0 Å². The van der Waals surface area contributed by atoms with Crippen LogP contribution in [-0.4, -0.2) is 154 Å². The number of amides is 10. The summed E-state index contributed by atoms with van der Waals surface area (Å²) in [5, 5.41) is 35.4. The predicted molar refractivity (Wildman–Crippen MR) is 310 cm³/mol. The van der Waals surface area contributed by atoms with Gasteiger partial charge in [-0.25, -0.2) is 29.5 Å². The Bertz CT molecular complexity index is 3820. The number of hydrogen-bond donors (Lipinski definition) is 11. The van der Waals surface area contributed by atoms with E-state index in [0.717, 1.165) is 0 Å². The van der Waals surface area contributed by atoms with Crippen LogP contribution < -0.4 is 53.2 Å². The van der Waals surface area contributed by atoms with E-state index in [4.69, 9.17) is 4.74 Å². The summed E-state index contributed by atoms with van der Waals surface area (Å²) in [6.45, 7) is 4.52. The molecule has 0 aromatic carbocycles. The third-order valence-corrected chi connectivity index (χ3v) is 12.5. The van der Waals surface area contributed by atoms with Crippen molar-refractivity contribution in [3.05, 3.63) is 108 Å². The summed E-state index contributed by atoms with van der Waals surface area (Å²) < 4.78 is 15.3. The standard InChI is InChI=1S/C53H65N21O13/c1-53(2,3)87-52(86)61-31(44(77)66-36-26-72(8)41(64-36)48(81)57-16-12-38(75)58-28-19-34(71(7)22-28)47(80)67-37-27-74(10)43(65-37)51(84)85)11-14-55-45(78)32-21-30(24-70(32)6)60-50(83)42-63-35(25-73(42)9)62-39(76)13-15-56-46(79)33-20-29(23-69(33)5)59-49(82)40-54-17-18-68(40)4/h17-27,31H,11-16H2,1-10H3,(H,55,78)(H,56,79)(H,57,81)(H,58,75)(H,59,82)(H,60,83)(H,61,86)(H,62,76)(H,66,77)(H,67,80)(H,84,85)/t31-/m1/s1. The summed E-state index contributed by atoms with van der Waals surface area (Å²) in [5.41, 5.74) is 0.356. The number of nitrogens with zero attached hydrogens (tertiary/aromatic N) is 11. The Morgan fingerprint density at radius 3 is 1.43 bits per heavy atom. The number of rotatable bonds is 24. The quantitative estimate of drug-likeness (QED) is 0.0406. The fourth-order valence-electron chi connectivity index (χ4n) is 8.45. The summed E-state index contributed by atoms with van der Waals surface area (Å²) in [6.07, 6.45) is 10.3. The number of imidazole rings is 4. The Morgan fingerprint density at radius 1 is 0.483 bits per heavy atom. The molecule has 7 rings (SSSR count). The van der Waals surface area contributed by atoms with Crippen LogP contribution >= 0.6 is 0 Å². The Hall–Kier alpha value is -11.4. The van der Waals surface area contributed by atoms with E-state index in [1.807, 2.05) is 0 Å². The molecule has 87 heavy (non-hydrogen) atoms. The second kappa shape index (κ2) is 26.9. The molecule has 1 atom stereocenters. The lowest BCUT2D eigenvalue weighted by atomic mass is 10.2. The van der Waals surface area contributed by atoms with E-state index in [-0.39, 0.29) is 108 Å². The average molecular weight is 1200 g/mol. The van der Waals surface area contributed by atoms with Crippen molar-refractivity contribution < 1.29 is 62.6 Å². The molecule has 0 spiro atoms. The van der Waals surface area contributed by atoms with Gasteiger partial charge in [-0.2, -0.15) is 0 Å². The van der Waals surface area contributed by atoms with Crippen molar-refractivity contribution in [2.45, 2.75) is 51.7 Å². The van der Waals surface area contributed by atoms with Crippen molar-refractivity contribution in [2.75, 3.05) is 51.5 Å². The molecule has 0 fully saturated rings. The molecule has 0 unspecified atom stereocenters. The zero-order valence-corrected chi connectivity index (χ0v) is 48.9. The van der Waals surface area contributed by atoms with E-state index in [1.54, 1.807) is 65.9 Å². The fourth-order valence-corrected chi connectivity index (χ4v) is 8.45. The van der Waals surface area contributed by atoms with Gasteiger partial charge in [0.1, 0.15) is 28.7 Å². The Kier molecular flexibility index (Phi) is 19.6. The number of ether oxygens (including phenoxy) is 1. The molecule has 7 aromatic rings. The van der Waals surface area contributed by atoms with Crippen LogP contribution in [0.15, 0.2) is 67.8 Å². The van der Waals surface area contributed by atoms with Crippen LogP contribution in [0.3, 0.4) is 0 Å². The number of carbonyl (C=O) groups is 11. The van der Waals surface area contributed by atoms with Crippen LogP contribution in [0, 0.1) is 0 Å². The molecule has 0 aliphatic heterocycles. The molecule has 0 aliphatic carbocycles. The first-order valence-corrected chi connectivity index (χ1v) is 26.5. The van der Waals surface area contributed by atoms with Crippen LogP contribution in [0.5, 0.6) is 0 Å². The Balaban J connectivity index is 0.860. The van der Waals surface area contributed by atoms with Crippen molar-refractivity contribution >= 4 is 99.7 Å². The molecule has 0 aliphatic rings. The summed E-state index contributed by atoms with van der Waals surface area (Å²) >= 11 is 0. The molecule has 0 bridgehead atoms. The topological polar surface area (TPSA) is 424 Å². The smallest absolute Gasteiger partial charge is 0.408 e. The zero-order valence-electron chi connectivity index (χ0n) is 48.9. The maximum absolute atomic E-state index is 13.7. The lowest BCUT2D eigenvalue weighted by molar-refractivity contribution is -0.118. The van der Waals surface area contributed by atoms with Gasteiger partial charge in [0.25, 0.3) is 35.4 Å². The summed E-state index contributed by atoms with van der Waals surface area (Å²) in [4.78, 5) is 158. The van der Waals surface area contributed by atoms with Crippen LogP contribution in [0.2, 0.25) is 0 Å². The van der Waals surface area contributed by atoms with Crippen LogP contribution in [-0.2, 0) is 68.5 Å². The molecule has 11 N–H and O–H groups in total. The molecule has 460 valence electrons. The van der Waals surface area contributed by atoms with Gasteiger partial charge in [0.2, 0.25) is 35.2 Å². The van der Waals surface area contributed by atoms with Crippen molar-refractivity contribution in [3.8, 4) is 0 Å². The zero-order chi connectivity index (χ0) is 63.6. The van der Waals surface area contributed by atoms with Crippen LogP contribution in [0.4, 0.5) is 39.3 Å². The van der Waals surface area contributed by atoms with Crippen molar-refractivity contribution in [2.24, 2.45) is 49.3 Å². The lowest BCUT2D eigenvalue weighted by Gasteiger charge is -2.23. The minimum absolute atomic E-state index is 0.0113. The molecule has 34 nitrogen and oxygen atoms in total. The number of aromatic carboxylic acids is 1. The van der Waals surface area contributed by atoms with E-state index in [1.165, 1.54) is 104 Å². The second-order valence-electron chi connectivity index (χ2n) is 20.7. The predicted octanol–water partition coefficient (Wildman–Crippen LogP) is 1.26. The van der Waals surface area contributed by atoms with Crippen LogP contribution in [0.25, 0.3) is 0 Å². The number of alkyl carbamates (subject to hydrolysis) is 1. The minimum atomic E-state index is -1.31. The van der Waals surface area contributed by atoms with Crippen molar-refractivity contribution in [1.29, 1.82) is 0 Å². The molecular formula is C53H65N21O13. The highest BCUT2D eigenvalue weighted by molar-refractivity contribution is 6.06.